The van der Waals surface area contributed by atoms with Crippen molar-refractivity contribution in [3.63, 3.8) is 0 Å². The van der Waals surface area contributed by atoms with Crippen molar-refractivity contribution < 1.29 is 0 Å². The maximum Gasteiger partial charge on any atom is 0.0497 e. The fourth-order valence-corrected chi connectivity index (χ4v) is 3.14. The molecule has 0 aliphatic carbocycles. The molecular weight excluding hydrogens is 390 g/mol. The first-order valence-corrected chi connectivity index (χ1v) is 15.6. The maximum absolute atomic E-state index is 2.37. The zero-order valence-electron chi connectivity index (χ0n) is 21.7. The van der Waals surface area contributed by atoms with E-state index in [2.05, 4.69) is 104 Å². The third kappa shape index (κ3) is 8.75. The van der Waals surface area contributed by atoms with Crippen LogP contribution in [0.15, 0.2) is 72.8 Å². The summed E-state index contributed by atoms with van der Waals surface area (Å²) in [6.07, 6.45) is 1.01. The molecule has 0 amide bonds. The van der Waals surface area contributed by atoms with Gasteiger partial charge in [-0.05, 0) is 42.3 Å². The lowest BCUT2D eigenvalue weighted by Gasteiger charge is -2.33. The number of nitrogens with zero attached hydrogens (tertiary/aromatic N) is 1. The third-order valence-corrected chi connectivity index (χ3v) is 4.10. The Kier molecular flexibility index (Phi) is 15.2. The lowest BCUT2D eigenvalue weighted by atomic mass is 9.94. The smallest absolute Gasteiger partial charge is 0.0497 e. The van der Waals surface area contributed by atoms with Gasteiger partial charge in [0.25, 0.3) is 0 Å². The van der Waals surface area contributed by atoms with Crippen molar-refractivity contribution in [2.75, 3.05) is 4.90 Å². The quantitative estimate of drug-likeness (QED) is 0.269. The highest BCUT2D eigenvalue weighted by molar-refractivity contribution is 6.54. The highest BCUT2D eigenvalue weighted by Gasteiger charge is 2.23. The second kappa shape index (κ2) is 16.4. The van der Waals surface area contributed by atoms with Crippen LogP contribution in [-0.2, 0) is 6.42 Å². The van der Waals surface area contributed by atoms with Crippen molar-refractivity contribution in [2.24, 2.45) is 0 Å². The fourth-order valence-electron chi connectivity index (χ4n) is 3.14. The van der Waals surface area contributed by atoms with Crippen LogP contribution in [-0.4, -0.2) is 8.80 Å². The Bertz CT molecular complexity index is 838. The van der Waals surface area contributed by atoms with Crippen molar-refractivity contribution >= 4 is 25.9 Å². The summed E-state index contributed by atoms with van der Waals surface area (Å²) in [5.41, 5.74) is 7.92. The first kappa shape index (κ1) is 28.7. The van der Waals surface area contributed by atoms with Gasteiger partial charge in [0.2, 0.25) is 0 Å². The molecule has 0 saturated carbocycles. The highest BCUT2D eigenvalue weighted by atomic mass is 28.3. The molecular formula is C29H45NSi. The highest BCUT2D eigenvalue weighted by Crippen LogP contribution is 2.43. The monoisotopic (exact) mass is 435 g/mol. The molecule has 1 heterocycles. The van der Waals surface area contributed by atoms with E-state index in [1.54, 1.807) is 0 Å². The van der Waals surface area contributed by atoms with E-state index in [-0.39, 0.29) is 8.80 Å². The number of hydrogen-bond donors (Lipinski definition) is 0. The average molecular weight is 436 g/mol. The van der Waals surface area contributed by atoms with Crippen LogP contribution in [0.2, 0.25) is 19.6 Å². The predicted octanol–water partition coefficient (Wildman–Crippen LogP) is 9.55. The molecule has 0 bridgehead atoms. The Morgan fingerprint density at radius 2 is 1.10 bits per heavy atom. The summed E-state index contributed by atoms with van der Waals surface area (Å²) in [4.78, 5) is 2.37. The molecule has 1 nitrogen and oxygen atoms in total. The van der Waals surface area contributed by atoms with E-state index in [0.717, 1.165) is 6.42 Å². The summed E-state index contributed by atoms with van der Waals surface area (Å²) in [6, 6.07) is 26.0. The van der Waals surface area contributed by atoms with Gasteiger partial charge in [0, 0.05) is 32.3 Å². The van der Waals surface area contributed by atoms with E-state index < -0.39 is 0 Å². The van der Waals surface area contributed by atoms with Crippen LogP contribution < -0.4 is 4.90 Å². The summed E-state index contributed by atoms with van der Waals surface area (Å²) in [7, 11) is -0.139. The Hall–Kier alpha value is -2.32. The van der Waals surface area contributed by atoms with Crippen LogP contribution in [0.3, 0.4) is 0 Å². The van der Waals surface area contributed by atoms with E-state index >= 15 is 0 Å². The Balaban J connectivity index is 0.000000784. The SMILES string of the molecule is CC.CC.CC.C[SiH](C)C.Cc1ccc2c(c1)Cc1ccccc1N2c1ccccc1. The molecule has 0 aromatic heterocycles. The summed E-state index contributed by atoms with van der Waals surface area (Å²) < 4.78 is 0. The predicted molar refractivity (Wildman–Crippen MR) is 147 cm³/mol. The van der Waals surface area contributed by atoms with E-state index in [0.29, 0.717) is 0 Å². The largest absolute Gasteiger partial charge is 0.310 e. The van der Waals surface area contributed by atoms with Crippen molar-refractivity contribution in [2.45, 2.75) is 74.5 Å². The molecule has 0 fully saturated rings. The molecule has 3 aromatic rings. The minimum Gasteiger partial charge on any atom is -0.310 e. The van der Waals surface area contributed by atoms with Gasteiger partial charge in [-0.15, -0.1) is 0 Å². The van der Waals surface area contributed by atoms with Crippen LogP contribution in [0.4, 0.5) is 17.1 Å². The third-order valence-electron chi connectivity index (χ3n) is 4.10. The van der Waals surface area contributed by atoms with Gasteiger partial charge >= 0.3 is 0 Å². The zero-order valence-corrected chi connectivity index (χ0v) is 22.8. The van der Waals surface area contributed by atoms with E-state index in [9.17, 15) is 0 Å². The molecule has 0 atom stereocenters. The van der Waals surface area contributed by atoms with Crippen LogP contribution in [0.5, 0.6) is 0 Å². The standard InChI is InChI=1S/C20H17N.C3H10Si.3C2H6/c1-15-11-12-20-17(13-15)14-16-7-5-6-10-19(16)21(20)18-8-3-2-4-9-18;1-4(2)3;3*1-2/h2-13H,14H2,1H3;4H,1-3H3;3*1-2H3. The second-order valence-corrected chi connectivity index (χ2v) is 10.8. The van der Waals surface area contributed by atoms with E-state index in [4.69, 9.17) is 0 Å². The van der Waals surface area contributed by atoms with Crippen molar-refractivity contribution in [1.82, 2.24) is 0 Å². The lowest BCUT2D eigenvalue weighted by Crippen LogP contribution is -2.18. The molecule has 0 saturated heterocycles. The Labute approximate surface area is 194 Å². The van der Waals surface area contributed by atoms with Crippen LogP contribution in [0, 0.1) is 6.92 Å². The van der Waals surface area contributed by atoms with Crippen molar-refractivity contribution in [3.05, 3.63) is 89.5 Å². The maximum atomic E-state index is 2.37. The van der Waals surface area contributed by atoms with Crippen molar-refractivity contribution in [3.8, 4) is 0 Å². The molecule has 170 valence electrons. The number of hydrogen-bond acceptors (Lipinski definition) is 1. The van der Waals surface area contributed by atoms with Gasteiger partial charge in [0.15, 0.2) is 0 Å². The van der Waals surface area contributed by atoms with Gasteiger partial charge in [-0.3, -0.25) is 0 Å². The van der Waals surface area contributed by atoms with E-state index in [1.807, 2.05) is 41.5 Å². The molecule has 3 aromatic carbocycles. The number of aryl methyl sites for hydroxylation is 1. The number of fused-ring (bicyclic) bond motifs is 2. The molecule has 4 rings (SSSR count). The number of para-hydroxylation sites is 2. The molecule has 0 unspecified atom stereocenters. The zero-order chi connectivity index (χ0) is 23.8. The number of rotatable bonds is 1. The van der Waals surface area contributed by atoms with Gasteiger partial charge in [-0.1, -0.05) is 115 Å². The normalized spacial score (nSPS) is 10.4. The minimum atomic E-state index is -0.139. The lowest BCUT2D eigenvalue weighted by molar-refractivity contribution is 1.08. The summed E-state index contributed by atoms with van der Waals surface area (Å²) in [5.74, 6) is 0. The summed E-state index contributed by atoms with van der Waals surface area (Å²) >= 11 is 0. The molecule has 2 heteroatoms. The molecule has 1 aliphatic heterocycles. The second-order valence-electron chi connectivity index (χ2n) is 7.34. The van der Waals surface area contributed by atoms with Gasteiger partial charge in [0.05, 0.1) is 0 Å². The Morgan fingerprint density at radius 3 is 1.68 bits per heavy atom. The summed E-state index contributed by atoms with van der Waals surface area (Å²) in [6.45, 7) is 21.1. The number of anilines is 3. The number of benzene rings is 3. The average Bonchev–Trinajstić information content (AvgIpc) is 2.81. The molecule has 31 heavy (non-hydrogen) atoms. The van der Waals surface area contributed by atoms with Gasteiger partial charge in [-0.2, -0.15) is 0 Å². The first-order valence-electron chi connectivity index (χ1n) is 12.1. The minimum absolute atomic E-state index is 0.139. The van der Waals surface area contributed by atoms with Gasteiger partial charge in [-0.25, -0.2) is 0 Å². The van der Waals surface area contributed by atoms with Crippen LogP contribution in [0.25, 0.3) is 0 Å². The summed E-state index contributed by atoms with van der Waals surface area (Å²) in [5, 5.41) is 0. The van der Waals surface area contributed by atoms with E-state index in [1.165, 1.54) is 33.8 Å². The topological polar surface area (TPSA) is 3.24 Å². The fraction of sp³-hybridized carbons (Fsp3) is 0.379. The van der Waals surface area contributed by atoms with Crippen molar-refractivity contribution in [1.29, 1.82) is 0 Å². The first-order chi connectivity index (χ1) is 15.1. The Morgan fingerprint density at radius 1 is 0.613 bits per heavy atom. The molecule has 0 radical (unpaired) electrons. The van der Waals surface area contributed by atoms with Gasteiger partial charge < -0.3 is 4.90 Å². The molecule has 0 N–H and O–H groups in total. The molecule has 0 spiro atoms. The van der Waals surface area contributed by atoms with Gasteiger partial charge in [0.1, 0.15) is 0 Å². The van der Waals surface area contributed by atoms with Crippen LogP contribution in [0.1, 0.15) is 58.2 Å². The van der Waals surface area contributed by atoms with Crippen LogP contribution >= 0.6 is 0 Å². The molecule has 1 aliphatic rings.